The number of hydrogen-bond acceptors (Lipinski definition) is 2. The molecule has 0 saturated heterocycles. The van der Waals surface area contributed by atoms with E-state index in [0.29, 0.717) is 12.3 Å². The zero-order chi connectivity index (χ0) is 13.1. The molecule has 0 spiro atoms. The Morgan fingerprint density at radius 1 is 1.33 bits per heavy atom. The monoisotopic (exact) mass is 249 g/mol. The second kappa shape index (κ2) is 5.26. The van der Waals surface area contributed by atoms with E-state index in [1.54, 1.807) is 0 Å². The molecule has 1 atom stereocenters. The summed E-state index contributed by atoms with van der Waals surface area (Å²) in [5.74, 6) is -2.49. The quantitative estimate of drug-likeness (QED) is 0.821. The molecule has 1 saturated carbocycles. The summed E-state index contributed by atoms with van der Waals surface area (Å²) in [5.41, 5.74) is 0.110. The van der Waals surface area contributed by atoms with Crippen LogP contribution >= 0.6 is 0 Å². The molecule has 0 radical (unpaired) electrons. The first-order valence-electron chi connectivity index (χ1n) is 5.98. The van der Waals surface area contributed by atoms with Gasteiger partial charge in [0.25, 0.3) is 0 Å². The number of halogens is 2. The molecular weight excluding hydrogens is 236 g/mol. The van der Waals surface area contributed by atoms with E-state index in [4.69, 9.17) is 5.26 Å². The highest BCUT2D eigenvalue weighted by Crippen LogP contribution is 2.32. The molecule has 1 aromatic rings. The van der Waals surface area contributed by atoms with Gasteiger partial charge in [0.1, 0.15) is 17.6 Å². The summed E-state index contributed by atoms with van der Waals surface area (Å²) in [5, 5.41) is 9.02. The van der Waals surface area contributed by atoms with Crippen LogP contribution in [0.1, 0.15) is 37.2 Å². The number of benzene rings is 1. The van der Waals surface area contributed by atoms with Gasteiger partial charge in [0.2, 0.25) is 0 Å². The lowest BCUT2D eigenvalue weighted by atomic mass is 9.79. The Balaban J connectivity index is 2.16. The molecule has 4 heteroatoms. The van der Waals surface area contributed by atoms with Crippen LogP contribution in [0.3, 0.4) is 0 Å². The number of ketones is 1. The highest BCUT2D eigenvalue weighted by atomic mass is 19.1. The number of nitriles is 1. The van der Waals surface area contributed by atoms with Crippen molar-refractivity contribution in [3.8, 4) is 6.07 Å². The van der Waals surface area contributed by atoms with Crippen molar-refractivity contribution in [3.63, 3.8) is 0 Å². The zero-order valence-corrected chi connectivity index (χ0v) is 9.83. The van der Waals surface area contributed by atoms with E-state index in [9.17, 15) is 13.6 Å². The minimum atomic E-state index is -1.06. The summed E-state index contributed by atoms with van der Waals surface area (Å²) >= 11 is 0. The van der Waals surface area contributed by atoms with Gasteiger partial charge in [0.05, 0.1) is 6.07 Å². The summed E-state index contributed by atoms with van der Waals surface area (Å²) in [6.07, 6.45) is 3.45. The summed E-state index contributed by atoms with van der Waals surface area (Å²) in [6, 6.07) is 4.68. The van der Waals surface area contributed by atoms with Gasteiger partial charge in [-0.2, -0.15) is 5.26 Å². The van der Waals surface area contributed by atoms with Crippen LogP contribution in [0.4, 0.5) is 8.78 Å². The number of carbonyl (C=O) groups is 1. The number of Topliss-reactive ketones (excluding diaryl/α,β-unsaturated/α-hetero) is 1. The van der Waals surface area contributed by atoms with Gasteiger partial charge in [-0.25, -0.2) is 8.78 Å². The zero-order valence-electron chi connectivity index (χ0n) is 9.83. The molecule has 2 rings (SSSR count). The molecule has 0 amide bonds. The van der Waals surface area contributed by atoms with Crippen LogP contribution < -0.4 is 0 Å². The Labute approximate surface area is 104 Å². The van der Waals surface area contributed by atoms with Crippen LogP contribution in [-0.4, -0.2) is 5.78 Å². The summed E-state index contributed by atoms with van der Waals surface area (Å²) in [7, 11) is 0. The van der Waals surface area contributed by atoms with Crippen LogP contribution in [0.25, 0.3) is 0 Å². The van der Waals surface area contributed by atoms with Gasteiger partial charge in [-0.15, -0.1) is 0 Å². The van der Waals surface area contributed by atoms with Crippen molar-refractivity contribution in [2.75, 3.05) is 0 Å². The molecule has 0 bridgehead atoms. The predicted molar refractivity (Wildman–Crippen MR) is 61.7 cm³/mol. The third kappa shape index (κ3) is 2.73. The maximum atomic E-state index is 13.1. The van der Waals surface area contributed by atoms with Gasteiger partial charge in [-0.3, -0.25) is 4.79 Å². The van der Waals surface area contributed by atoms with Gasteiger partial charge >= 0.3 is 0 Å². The second-order valence-corrected chi connectivity index (χ2v) is 4.73. The van der Waals surface area contributed by atoms with Crippen molar-refractivity contribution in [2.24, 2.45) is 5.92 Å². The number of carbonyl (C=O) groups excluding carboxylic acids is 1. The van der Waals surface area contributed by atoms with Crippen LogP contribution in [0.15, 0.2) is 18.2 Å². The lowest BCUT2D eigenvalue weighted by Crippen LogP contribution is -2.20. The molecule has 2 nitrogen and oxygen atoms in total. The molecular formula is C14H13F2NO. The van der Waals surface area contributed by atoms with E-state index >= 15 is 0 Å². The molecule has 0 aromatic heterocycles. The maximum Gasteiger partial charge on any atom is 0.154 e. The molecule has 0 N–H and O–H groups in total. The molecule has 1 aromatic carbocycles. The van der Waals surface area contributed by atoms with Crippen molar-refractivity contribution in [2.45, 2.75) is 31.6 Å². The van der Waals surface area contributed by atoms with Crippen molar-refractivity contribution >= 4 is 5.78 Å². The van der Waals surface area contributed by atoms with Crippen LogP contribution in [0.5, 0.6) is 0 Å². The standard InChI is InChI=1S/C14H13F2NO/c15-11-5-10(6-12(16)7-11)13(8-17)14(18)4-9-2-1-3-9/h5-7,9,13H,1-4H2. The summed E-state index contributed by atoms with van der Waals surface area (Å²) in [6.45, 7) is 0. The molecule has 1 fully saturated rings. The lowest BCUT2D eigenvalue weighted by molar-refractivity contribution is -0.120. The van der Waals surface area contributed by atoms with Crippen LogP contribution in [-0.2, 0) is 4.79 Å². The van der Waals surface area contributed by atoms with Gasteiger partial charge in [-0.1, -0.05) is 19.3 Å². The molecule has 18 heavy (non-hydrogen) atoms. The molecule has 1 unspecified atom stereocenters. The number of rotatable bonds is 4. The van der Waals surface area contributed by atoms with E-state index in [0.717, 1.165) is 37.5 Å². The molecule has 0 heterocycles. The topological polar surface area (TPSA) is 40.9 Å². The van der Waals surface area contributed by atoms with Crippen LogP contribution in [0.2, 0.25) is 0 Å². The molecule has 0 aliphatic heterocycles. The highest BCUT2D eigenvalue weighted by molar-refractivity contribution is 5.88. The summed E-state index contributed by atoms with van der Waals surface area (Å²) in [4.78, 5) is 11.9. The number of nitrogens with zero attached hydrogens (tertiary/aromatic N) is 1. The van der Waals surface area contributed by atoms with Crippen LogP contribution in [0, 0.1) is 28.9 Å². The van der Waals surface area contributed by atoms with E-state index in [1.807, 2.05) is 6.07 Å². The van der Waals surface area contributed by atoms with E-state index in [-0.39, 0.29) is 11.3 Å². The first-order valence-corrected chi connectivity index (χ1v) is 5.98. The Morgan fingerprint density at radius 3 is 2.39 bits per heavy atom. The molecule has 1 aliphatic rings. The van der Waals surface area contributed by atoms with Crippen molar-refractivity contribution in [1.82, 2.24) is 0 Å². The van der Waals surface area contributed by atoms with E-state index in [1.165, 1.54) is 0 Å². The molecule has 94 valence electrons. The average molecular weight is 249 g/mol. The minimum absolute atomic E-state index is 0.110. The minimum Gasteiger partial charge on any atom is -0.298 e. The average Bonchev–Trinajstić information content (AvgIpc) is 2.23. The molecule has 1 aliphatic carbocycles. The van der Waals surface area contributed by atoms with E-state index < -0.39 is 17.6 Å². The lowest BCUT2D eigenvalue weighted by Gasteiger charge is -2.25. The normalized spacial score (nSPS) is 16.7. The fourth-order valence-corrected chi connectivity index (χ4v) is 2.17. The fourth-order valence-electron chi connectivity index (χ4n) is 2.17. The number of hydrogen-bond donors (Lipinski definition) is 0. The first kappa shape index (κ1) is 12.7. The van der Waals surface area contributed by atoms with Crippen molar-refractivity contribution < 1.29 is 13.6 Å². The summed E-state index contributed by atoms with van der Waals surface area (Å²) < 4.78 is 26.1. The predicted octanol–water partition coefficient (Wildman–Crippen LogP) is 3.33. The van der Waals surface area contributed by atoms with E-state index in [2.05, 4.69) is 0 Å². The largest absolute Gasteiger partial charge is 0.298 e. The Kier molecular flexibility index (Phi) is 3.71. The Hall–Kier alpha value is -1.76. The Morgan fingerprint density at radius 2 is 1.94 bits per heavy atom. The smallest absolute Gasteiger partial charge is 0.154 e. The van der Waals surface area contributed by atoms with Gasteiger partial charge < -0.3 is 0 Å². The van der Waals surface area contributed by atoms with Gasteiger partial charge in [0.15, 0.2) is 5.78 Å². The third-order valence-electron chi connectivity index (χ3n) is 3.38. The fraction of sp³-hybridized carbons (Fsp3) is 0.429. The third-order valence-corrected chi connectivity index (χ3v) is 3.38. The maximum absolute atomic E-state index is 13.1. The van der Waals surface area contributed by atoms with Crippen molar-refractivity contribution in [3.05, 3.63) is 35.4 Å². The second-order valence-electron chi connectivity index (χ2n) is 4.73. The Bertz CT molecular complexity index is 483. The van der Waals surface area contributed by atoms with Gasteiger partial charge in [-0.05, 0) is 23.6 Å². The highest BCUT2D eigenvalue weighted by Gasteiger charge is 2.27. The first-order chi connectivity index (χ1) is 8.60. The van der Waals surface area contributed by atoms with Gasteiger partial charge in [0, 0.05) is 12.5 Å². The van der Waals surface area contributed by atoms with Crippen molar-refractivity contribution in [1.29, 1.82) is 5.26 Å². The SMILES string of the molecule is N#CC(C(=O)CC1CCC1)c1cc(F)cc(F)c1.